The van der Waals surface area contributed by atoms with Crippen molar-refractivity contribution in [2.45, 2.75) is 18.6 Å². The van der Waals surface area contributed by atoms with Gasteiger partial charge in [0.15, 0.2) is 17.1 Å². The Kier molecular flexibility index (Phi) is 3.28. The molecule has 0 aromatic carbocycles. The van der Waals surface area contributed by atoms with Gasteiger partial charge in [-0.2, -0.15) is 13.2 Å². The van der Waals surface area contributed by atoms with Crippen LogP contribution in [0.4, 0.5) is 19.0 Å². The lowest BCUT2D eigenvalue weighted by atomic mass is 10.0. The summed E-state index contributed by atoms with van der Waals surface area (Å²) in [6.07, 6.45) is -3.70. The predicted molar refractivity (Wildman–Crippen MR) is 53.2 cm³/mol. The average Bonchev–Trinajstić information content (AvgIpc) is 2.19. The van der Waals surface area contributed by atoms with E-state index in [1.165, 1.54) is 18.3 Å². The fraction of sp³-hybridized carbons (Fsp3) is 0.333. The maximum absolute atomic E-state index is 12.4. The normalized spacial score (nSPS) is 15.1. The molecule has 0 bridgehead atoms. The van der Waals surface area contributed by atoms with Gasteiger partial charge < -0.3 is 16.2 Å². The fourth-order valence-electron chi connectivity index (χ4n) is 0.859. The van der Waals surface area contributed by atoms with Crippen LogP contribution in [0, 0.1) is 0 Å². The Balaban J connectivity index is 2.91. The first-order chi connectivity index (χ1) is 7.66. The van der Waals surface area contributed by atoms with E-state index >= 15 is 0 Å². The number of nitrogens with zero attached hydrogens (tertiary/aromatic N) is 1. The second-order valence-corrected chi connectivity index (χ2v) is 3.53. The van der Waals surface area contributed by atoms with E-state index in [1.54, 1.807) is 0 Å². The van der Waals surface area contributed by atoms with E-state index < -0.39 is 23.4 Å². The van der Waals surface area contributed by atoms with E-state index in [4.69, 9.17) is 5.73 Å². The Hall–Kier alpha value is -1.83. The van der Waals surface area contributed by atoms with Crippen molar-refractivity contribution in [1.82, 2.24) is 4.98 Å². The van der Waals surface area contributed by atoms with Crippen molar-refractivity contribution >= 4 is 11.7 Å². The molecular weight excluding hydrogens is 239 g/mol. The minimum atomic E-state index is -4.90. The summed E-state index contributed by atoms with van der Waals surface area (Å²) in [5, 5.41) is 11.0. The molecule has 1 aromatic rings. The van der Waals surface area contributed by atoms with E-state index in [0.717, 1.165) is 0 Å². The fourth-order valence-corrected chi connectivity index (χ4v) is 0.859. The minimum absolute atomic E-state index is 0.376. The zero-order valence-corrected chi connectivity index (χ0v) is 8.75. The largest absolute Gasteiger partial charge is 0.504 e. The molecule has 0 aliphatic rings. The molecule has 0 saturated carbocycles. The zero-order valence-electron chi connectivity index (χ0n) is 8.75. The highest BCUT2D eigenvalue weighted by Gasteiger charge is 2.54. The predicted octanol–water partition coefficient (Wildman–Crippen LogP) is 1.01. The number of alkyl halides is 3. The Morgan fingerprint density at radius 3 is 2.59 bits per heavy atom. The SMILES string of the molecule is CC(N)(C(=O)Nc1ncccc1O)C(F)(F)F. The van der Waals surface area contributed by atoms with E-state index in [0.29, 0.717) is 6.92 Å². The van der Waals surface area contributed by atoms with Gasteiger partial charge >= 0.3 is 6.18 Å². The summed E-state index contributed by atoms with van der Waals surface area (Å²) >= 11 is 0. The summed E-state index contributed by atoms with van der Waals surface area (Å²) < 4.78 is 37.3. The van der Waals surface area contributed by atoms with Gasteiger partial charge in [-0.3, -0.25) is 4.79 Å². The van der Waals surface area contributed by atoms with E-state index in [1.807, 2.05) is 5.32 Å². The number of hydrogen-bond donors (Lipinski definition) is 3. The second-order valence-electron chi connectivity index (χ2n) is 3.53. The Bertz CT molecular complexity index is 432. The molecule has 0 radical (unpaired) electrons. The molecule has 0 aliphatic carbocycles. The first-order valence-corrected chi connectivity index (χ1v) is 4.47. The van der Waals surface area contributed by atoms with Crippen molar-refractivity contribution in [3.8, 4) is 5.75 Å². The highest BCUT2D eigenvalue weighted by atomic mass is 19.4. The first kappa shape index (κ1) is 13.2. The second kappa shape index (κ2) is 4.21. The highest BCUT2D eigenvalue weighted by Crippen LogP contribution is 2.29. The lowest BCUT2D eigenvalue weighted by Crippen LogP contribution is -2.59. The van der Waals surface area contributed by atoms with Crippen molar-refractivity contribution < 1.29 is 23.1 Å². The number of aromatic nitrogens is 1. The zero-order chi connectivity index (χ0) is 13.3. The van der Waals surface area contributed by atoms with Crippen molar-refractivity contribution in [2.75, 3.05) is 5.32 Å². The molecular formula is C9H10F3N3O2. The minimum Gasteiger partial charge on any atom is -0.504 e. The number of nitrogens with two attached hydrogens (primary N) is 1. The van der Waals surface area contributed by atoms with Gasteiger partial charge in [0.25, 0.3) is 5.91 Å². The lowest BCUT2D eigenvalue weighted by Gasteiger charge is -2.25. The number of hydrogen-bond acceptors (Lipinski definition) is 4. The topological polar surface area (TPSA) is 88.2 Å². The number of carbonyl (C=O) groups is 1. The van der Waals surface area contributed by atoms with Gasteiger partial charge in [-0.05, 0) is 19.1 Å². The van der Waals surface area contributed by atoms with Gasteiger partial charge in [0.2, 0.25) is 0 Å². The molecule has 5 nitrogen and oxygen atoms in total. The quantitative estimate of drug-likeness (QED) is 0.729. The molecule has 1 heterocycles. The average molecular weight is 249 g/mol. The third-order valence-corrected chi connectivity index (χ3v) is 2.08. The molecule has 1 aromatic heterocycles. The van der Waals surface area contributed by atoms with Gasteiger partial charge in [0, 0.05) is 6.20 Å². The van der Waals surface area contributed by atoms with E-state index in [9.17, 15) is 23.1 Å². The van der Waals surface area contributed by atoms with Crippen molar-refractivity contribution in [3.63, 3.8) is 0 Å². The number of pyridine rings is 1. The smallest absolute Gasteiger partial charge is 0.415 e. The number of rotatable bonds is 2. The maximum Gasteiger partial charge on any atom is 0.415 e. The summed E-state index contributed by atoms with van der Waals surface area (Å²) in [5.74, 6) is -2.32. The molecule has 17 heavy (non-hydrogen) atoms. The number of carbonyl (C=O) groups excluding carboxylic acids is 1. The molecule has 4 N–H and O–H groups in total. The van der Waals surface area contributed by atoms with Crippen molar-refractivity contribution in [2.24, 2.45) is 5.73 Å². The van der Waals surface area contributed by atoms with Gasteiger partial charge in [0.05, 0.1) is 0 Å². The standard InChI is InChI=1S/C9H10F3N3O2/c1-8(13,9(10,11)12)7(17)15-6-5(16)3-2-4-14-6/h2-4,16H,13H2,1H3,(H,14,15,17). The molecule has 8 heteroatoms. The van der Waals surface area contributed by atoms with Crippen LogP contribution in [0.1, 0.15) is 6.92 Å². The van der Waals surface area contributed by atoms with Crippen molar-refractivity contribution in [3.05, 3.63) is 18.3 Å². The number of anilines is 1. The highest BCUT2D eigenvalue weighted by molar-refractivity contribution is 5.98. The van der Waals surface area contributed by atoms with Crippen LogP contribution in [0.5, 0.6) is 5.75 Å². The Morgan fingerprint density at radius 1 is 1.53 bits per heavy atom. The summed E-state index contributed by atoms with van der Waals surface area (Å²) in [6.45, 7) is 0.530. The Labute approximate surface area is 94.5 Å². The molecule has 1 amide bonds. The number of halogens is 3. The van der Waals surface area contributed by atoms with Crippen LogP contribution in [0.15, 0.2) is 18.3 Å². The number of aromatic hydroxyl groups is 1. The number of nitrogens with one attached hydrogen (secondary N) is 1. The summed E-state index contributed by atoms with van der Waals surface area (Å²) in [4.78, 5) is 14.8. The van der Waals surface area contributed by atoms with Crippen LogP contribution < -0.4 is 11.1 Å². The lowest BCUT2D eigenvalue weighted by molar-refractivity contribution is -0.184. The monoisotopic (exact) mass is 249 g/mol. The van der Waals surface area contributed by atoms with E-state index in [-0.39, 0.29) is 5.82 Å². The molecule has 1 unspecified atom stereocenters. The molecule has 0 spiro atoms. The van der Waals surface area contributed by atoms with Crippen LogP contribution in [-0.4, -0.2) is 27.7 Å². The third kappa shape index (κ3) is 2.64. The van der Waals surface area contributed by atoms with Gasteiger partial charge in [-0.25, -0.2) is 4.98 Å². The van der Waals surface area contributed by atoms with Crippen LogP contribution >= 0.6 is 0 Å². The molecule has 0 aliphatic heterocycles. The maximum atomic E-state index is 12.4. The van der Waals surface area contributed by atoms with Crippen LogP contribution in [0.3, 0.4) is 0 Å². The van der Waals surface area contributed by atoms with Gasteiger partial charge in [0.1, 0.15) is 0 Å². The van der Waals surface area contributed by atoms with Crippen LogP contribution in [-0.2, 0) is 4.79 Å². The molecule has 94 valence electrons. The molecule has 1 atom stereocenters. The Morgan fingerprint density at radius 2 is 2.12 bits per heavy atom. The molecule has 0 saturated heterocycles. The third-order valence-electron chi connectivity index (χ3n) is 2.08. The number of amides is 1. The summed E-state index contributed by atoms with van der Waals surface area (Å²) in [5.41, 5.74) is 1.83. The van der Waals surface area contributed by atoms with Crippen LogP contribution in [0.2, 0.25) is 0 Å². The molecule has 1 rings (SSSR count). The van der Waals surface area contributed by atoms with Gasteiger partial charge in [-0.15, -0.1) is 0 Å². The van der Waals surface area contributed by atoms with Gasteiger partial charge in [-0.1, -0.05) is 0 Å². The van der Waals surface area contributed by atoms with E-state index in [2.05, 4.69) is 4.98 Å². The summed E-state index contributed by atoms with van der Waals surface area (Å²) in [7, 11) is 0. The van der Waals surface area contributed by atoms with Crippen molar-refractivity contribution in [1.29, 1.82) is 0 Å². The molecule has 0 fully saturated rings. The summed E-state index contributed by atoms with van der Waals surface area (Å²) in [6, 6.07) is 2.53. The van der Waals surface area contributed by atoms with Crippen LogP contribution in [0.25, 0.3) is 0 Å². The first-order valence-electron chi connectivity index (χ1n) is 4.47.